The van der Waals surface area contributed by atoms with Crippen molar-refractivity contribution >= 4 is 26.9 Å². The van der Waals surface area contributed by atoms with Crippen molar-refractivity contribution in [3.63, 3.8) is 0 Å². The van der Waals surface area contributed by atoms with E-state index in [9.17, 15) is 13.2 Å². The lowest BCUT2D eigenvalue weighted by Gasteiger charge is -2.30. The maximum atomic E-state index is 12.5. The van der Waals surface area contributed by atoms with Gasteiger partial charge in [-0.25, -0.2) is 17.9 Å². The van der Waals surface area contributed by atoms with Gasteiger partial charge in [-0.1, -0.05) is 11.6 Å². The van der Waals surface area contributed by atoms with Crippen LogP contribution in [0.5, 0.6) is 0 Å². The van der Waals surface area contributed by atoms with Gasteiger partial charge in [-0.2, -0.15) is 0 Å². The van der Waals surface area contributed by atoms with Gasteiger partial charge in [0.05, 0.1) is 17.9 Å². The number of esters is 1. The second-order valence-electron chi connectivity index (χ2n) is 7.48. The second-order valence-corrected chi connectivity index (χ2v) is 9.57. The van der Waals surface area contributed by atoms with Crippen LogP contribution in [0.15, 0.2) is 24.4 Å². The Labute approximate surface area is 166 Å². The number of nitrogens with one attached hydrogen (secondary N) is 3. The smallest absolute Gasteiger partial charge is 0.340 e. The van der Waals surface area contributed by atoms with E-state index >= 15 is 0 Å². The van der Waals surface area contributed by atoms with Gasteiger partial charge in [0.25, 0.3) is 0 Å². The normalized spacial score (nSPS) is 20.4. The SMILES string of the molecule is CCS(=O)(=O)NCCC1CC(COC(=O)c2c[nH]c3ccc(C)cc23)CCN1. The molecule has 8 heteroatoms. The average Bonchev–Trinajstić information content (AvgIpc) is 3.09. The van der Waals surface area contributed by atoms with Gasteiger partial charge in [-0.15, -0.1) is 0 Å². The van der Waals surface area contributed by atoms with Gasteiger partial charge in [0, 0.05) is 29.7 Å². The molecule has 0 saturated carbocycles. The average molecular weight is 408 g/mol. The van der Waals surface area contributed by atoms with Gasteiger partial charge in [0.15, 0.2) is 0 Å². The van der Waals surface area contributed by atoms with Crippen LogP contribution >= 0.6 is 0 Å². The third-order valence-electron chi connectivity index (χ3n) is 5.31. The second kappa shape index (κ2) is 9.07. The highest BCUT2D eigenvalue weighted by Gasteiger charge is 2.23. The van der Waals surface area contributed by atoms with E-state index in [0.717, 1.165) is 42.3 Å². The predicted molar refractivity (Wildman–Crippen MR) is 110 cm³/mol. The molecule has 1 aliphatic heterocycles. The van der Waals surface area contributed by atoms with Crippen LogP contribution in [0.4, 0.5) is 0 Å². The number of aryl methyl sites for hydroxylation is 1. The monoisotopic (exact) mass is 407 g/mol. The molecule has 0 bridgehead atoms. The summed E-state index contributed by atoms with van der Waals surface area (Å²) in [6.07, 6.45) is 4.24. The summed E-state index contributed by atoms with van der Waals surface area (Å²) in [4.78, 5) is 15.7. The molecule has 2 atom stereocenters. The molecule has 2 unspecified atom stereocenters. The fourth-order valence-corrected chi connectivity index (χ4v) is 4.26. The third kappa shape index (κ3) is 5.33. The Kier molecular flexibility index (Phi) is 6.74. The Bertz CT molecular complexity index is 923. The molecule has 3 N–H and O–H groups in total. The number of aromatic nitrogens is 1. The van der Waals surface area contributed by atoms with Crippen molar-refractivity contribution in [1.29, 1.82) is 0 Å². The van der Waals surface area contributed by atoms with Crippen LogP contribution in [-0.4, -0.2) is 50.9 Å². The van der Waals surface area contributed by atoms with Crippen LogP contribution in [0.3, 0.4) is 0 Å². The first-order valence-corrected chi connectivity index (χ1v) is 11.5. The van der Waals surface area contributed by atoms with Crippen molar-refractivity contribution < 1.29 is 17.9 Å². The molecule has 1 saturated heterocycles. The molecule has 154 valence electrons. The minimum absolute atomic E-state index is 0.0943. The van der Waals surface area contributed by atoms with Crippen LogP contribution < -0.4 is 10.0 Å². The van der Waals surface area contributed by atoms with Crippen LogP contribution in [-0.2, 0) is 14.8 Å². The van der Waals surface area contributed by atoms with Crippen LogP contribution in [0.1, 0.15) is 42.1 Å². The standard InChI is InChI=1S/C20H29N3O4S/c1-3-28(25,26)23-9-7-16-11-15(6-8-21-16)13-27-20(24)18-12-22-19-5-4-14(2)10-17(18)19/h4-5,10,12,15-16,21-23H,3,6-9,11,13H2,1-2H3. The lowest BCUT2D eigenvalue weighted by molar-refractivity contribution is 0.0401. The molecule has 1 aromatic carbocycles. The zero-order valence-corrected chi connectivity index (χ0v) is 17.3. The van der Waals surface area contributed by atoms with Crippen LogP contribution in [0, 0.1) is 12.8 Å². The lowest BCUT2D eigenvalue weighted by Crippen LogP contribution is -2.41. The molecular formula is C20H29N3O4S. The van der Waals surface area contributed by atoms with E-state index in [1.54, 1.807) is 13.1 Å². The Morgan fingerprint density at radius 2 is 2.18 bits per heavy atom. The van der Waals surface area contributed by atoms with Crippen LogP contribution in [0.25, 0.3) is 10.9 Å². The number of fused-ring (bicyclic) bond motifs is 1. The quantitative estimate of drug-likeness (QED) is 0.583. The molecule has 2 aromatic rings. The van der Waals surface area contributed by atoms with Gasteiger partial charge < -0.3 is 15.0 Å². The molecule has 0 radical (unpaired) electrons. The number of rotatable bonds is 8. The van der Waals surface area contributed by atoms with Gasteiger partial charge in [-0.3, -0.25) is 0 Å². The van der Waals surface area contributed by atoms with Crippen molar-refractivity contribution in [3.05, 3.63) is 35.5 Å². The largest absolute Gasteiger partial charge is 0.462 e. The molecule has 0 amide bonds. The van der Waals surface area contributed by atoms with E-state index in [1.165, 1.54) is 0 Å². The van der Waals surface area contributed by atoms with Crippen molar-refractivity contribution in [1.82, 2.24) is 15.0 Å². The van der Waals surface area contributed by atoms with Crippen molar-refractivity contribution in [2.75, 3.05) is 25.4 Å². The molecule has 3 rings (SSSR count). The summed E-state index contributed by atoms with van der Waals surface area (Å²) in [5.74, 6) is 0.0735. The third-order valence-corrected chi connectivity index (χ3v) is 6.71. The van der Waals surface area contributed by atoms with E-state index in [4.69, 9.17) is 4.74 Å². The molecule has 1 aliphatic rings. The predicted octanol–water partition coefficient (Wildman–Crippen LogP) is 2.33. The van der Waals surface area contributed by atoms with Crippen molar-refractivity contribution in [3.8, 4) is 0 Å². The minimum Gasteiger partial charge on any atom is -0.462 e. The zero-order chi connectivity index (χ0) is 20.1. The molecule has 28 heavy (non-hydrogen) atoms. The number of carbonyl (C=O) groups excluding carboxylic acids is 1. The topological polar surface area (TPSA) is 100 Å². The molecular weight excluding hydrogens is 378 g/mol. The van der Waals surface area contributed by atoms with Gasteiger partial charge >= 0.3 is 5.97 Å². The molecule has 1 aromatic heterocycles. The molecule has 0 aliphatic carbocycles. The fraction of sp³-hybridized carbons (Fsp3) is 0.550. The lowest BCUT2D eigenvalue weighted by atomic mass is 9.91. The Morgan fingerprint density at radius 3 is 2.96 bits per heavy atom. The summed E-state index contributed by atoms with van der Waals surface area (Å²) in [5.41, 5.74) is 2.59. The number of piperidine rings is 1. The van der Waals surface area contributed by atoms with E-state index in [0.29, 0.717) is 18.7 Å². The number of ether oxygens (including phenoxy) is 1. The molecule has 2 heterocycles. The highest BCUT2D eigenvalue weighted by atomic mass is 32.2. The summed E-state index contributed by atoms with van der Waals surface area (Å²) in [7, 11) is -3.15. The number of benzene rings is 1. The van der Waals surface area contributed by atoms with E-state index in [2.05, 4.69) is 15.0 Å². The Hall–Kier alpha value is -1.90. The number of carbonyl (C=O) groups is 1. The van der Waals surface area contributed by atoms with Crippen molar-refractivity contribution in [2.24, 2.45) is 5.92 Å². The van der Waals surface area contributed by atoms with Gasteiger partial charge in [0.2, 0.25) is 10.0 Å². The first-order valence-electron chi connectivity index (χ1n) is 9.83. The molecule has 1 fully saturated rings. The van der Waals surface area contributed by atoms with E-state index in [1.807, 2.05) is 25.1 Å². The first kappa shape index (κ1) is 20.8. The summed E-state index contributed by atoms with van der Waals surface area (Å²) >= 11 is 0. The highest BCUT2D eigenvalue weighted by molar-refractivity contribution is 7.89. The summed E-state index contributed by atoms with van der Waals surface area (Å²) in [6, 6.07) is 6.18. The Morgan fingerprint density at radius 1 is 1.36 bits per heavy atom. The van der Waals surface area contributed by atoms with Crippen molar-refractivity contribution in [2.45, 2.75) is 39.2 Å². The minimum atomic E-state index is -3.15. The molecule has 7 nitrogen and oxygen atoms in total. The number of hydrogen-bond acceptors (Lipinski definition) is 5. The van der Waals surface area contributed by atoms with Gasteiger partial charge in [-0.05, 0) is 57.7 Å². The first-order chi connectivity index (χ1) is 13.4. The van der Waals surface area contributed by atoms with Gasteiger partial charge in [0.1, 0.15) is 0 Å². The van der Waals surface area contributed by atoms with E-state index in [-0.39, 0.29) is 23.7 Å². The Balaban J connectivity index is 1.49. The number of hydrogen-bond donors (Lipinski definition) is 3. The number of aromatic amines is 1. The fourth-order valence-electron chi connectivity index (χ4n) is 3.63. The summed E-state index contributed by atoms with van der Waals surface area (Å²) < 4.78 is 31.2. The van der Waals surface area contributed by atoms with Crippen LogP contribution in [0.2, 0.25) is 0 Å². The maximum Gasteiger partial charge on any atom is 0.340 e. The number of sulfonamides is 1. The zero-order valence-electron chi connectivity index (χ0n) is 16.5. The highest BCUT2D eigenvalue weighted by Crippen LogP contribution is 2.22. The maximum absolute atomic E-state index is 12.5. The summed E-state index contributed by atoms with van der Waals surface area (Å²) in [6.45, 7) is 5.28. The molecule has 0 spiro atoms. The van der Waals surface area contributed by atoms with E-state index < -0.39 is 10.0 Å². The summed E-state index contributed by atoms with van der Waals surface area (Å²) in [5, 5.41) is 4.30. The number of H-pyrrole nitrogens is 1.